The largest absolute Gasteiger partial charge is 0.310 e. The predicted molar refractivity (Wildman–Crippen MR) is 562 cm³/mol. The van der Waals surface area contributed by atoms with Crippen molar-refractivity contribution in [1.29, 1.82) is 0 Å². The van der Waals surface area contributed by atoms with Gasteiger partial charge in [-0.25, -0.2) is 0 Å². The van der Waals surface area contributed by atoms with Crippen molar-refractivity contribution >= 4 is 57.2 Å². The monoisotopic (exact) mass is 1700 g/mol. The second-order valence-corrected chi connectivity index (χ2v) is 49.6. The van der Waals surface area contributed by atoms with E-state index in [1.54, 1.807) is 18.2 Å². The SMILES string of the molecule is [2H]c1c([2H])c([2H])c(-c2ccc3c(c2)B2c4cc(-c5cc(C(C)(C)C)cc(C(C)(C)C)c5)ccc4N(c4c(-c5c([2H])c([2H])c(C(C)(C)C)c([2H])c5[2H])c([2H])c(C(C)(C)C)c([2H])c4-c4c([2H])c(C(C)(C)C)c([2H])c(C(C)(C)C)c4[2H])c4cc(-c5cc(C(C)(C)C)cc(C(C)(C)C)c5)cc(c42)N3c2c(-c3c([2H])c([2H])c(C(C)(C)C)c([2H])c3C(C)(C)C)c([2H])c(C(C)(C)C)c([2H])c2-c2c([2H])c([2H])c(C(C)(C)C)c([2H])c2C(C)(C)C)c([2H])c1[2H]. The van der Waals surface area contributed by atoms with Crippen molar-refractivity contribution in [2.75, 3.05) is 9.80 Å². The Morgan fingerprint density at radius 3 is 0.843 bits per heavy atom. The van der Waals surface area contributed by atoms with Crippen LogP contribution in [0.25, 0.3) is 77.9 Å². The van der Waals surface area contributed by atoms with Crippen LogP contribution in [-0.4, -0.2) is 6.71 Å². The molecule has 2 nitrogen and oxygen atoms in total. The van der Waals surface area contributed by atoms with Crippen LogP contribution in [0.5, 0.6) is 0 Å². The number of hydrogen-bond donors (Lipinski definition) is 0. The van der Waals surface area contributed by atoms with Crippen LogP contribution in [0.15, 0.2) is 218 Å². The third kappa shape index (κ3) is 18.5. The molecular weight excluding hydrogens is 1530 g/mol. The van der Waals surface area contributed by atoms with Crippen LogP contribution >= 0.6 is 0 Å². The Morgan fingerprint density at radius 2 is 0.496 bits per heavy atom. The van der Waals surface area contributed by atoms with Gasteiger partial charge in [-0.1, -0.05) is 439 Å². The highest BCUT2D eigenvalue weighted by molar-refractivity contribution is 7.00. The first-order valence-corrected chi connectivity index (χ1v) is 45.8. The highest BCUT2D eigenvalue weighted by Gasteiger charge is 2.48. The molecule has 127 heavy (non-hydrogen) atoms. The first kappa shape index (κ1) is 68.4. The van der Waals surface area contributed by atoms with Gasteiger partial charge in [0.05, 0.1) is 41.5 Å². The molecule has 14 rings (SSSR count). The lowest BCUT2D eigenvalue weighted by Gasteiger charge is -2.46. The van der Waals surface area contributed by atoms with Gasteiger partial charge < -0.3 is 9.80 Å². The van der Waals surface area contributed by atoms with Crippen LogP contribution in [0, 0.1) is 0 Å². The molecule has 0 aromatic heterocycles. The summed E-state index contributed by atoms with van der Waals surface area (Å²) >= 11 is 0. The third-order valence-corrected chi connectivity index (χ3v) is 25.0. The molecule has 0 fully saturated rings. The molecule has 0 bridgehead atoms. The maximum Gasteiger partial charge on any atom is 0.252 e. The molecule has 662 valence electrons. The molecule has 12 aromatic carbocycles. The van der Waals surface area contributed by atoms with Crippen molar-refractivity contribution < 1.29 is 30.2 Å². The lowest BCUT2D eigenvalue weighted by atomic mass is 9.33. The first-order chi connectivity index (χ1) is 67.4. The molecule has 12 aromatic rings. The number of nitrogens with zero attached hydrogens (tertiary/aromatic N) is 2. The molecule has 0 unspecified atom stereocenters. The number of benzene rings is 12. The van der Waals surface area contributed by atoms with E-state index in [9.17, 15) is 28.8 Å². The van der Waals surface area contributed by atoms with Gasteiger partial charge >= 0.3 is 0 Å². The summed E-state index contributed by atoms with van der Waals surface area (Å²) in [5.74, 6) is 0. The average molecular weight is 1700 g/mol. The third-order valence-electron chi connectivity index (χ3n) is 25.0. The molecule has 0 amide bonds. The van der Waals surface area contributed by atoms with Gasteiger partial charge in [-0.3, -0.25) is 0 Å². The fourth-order valence-corrected chi connectivity index (χ4v) is 16.9. The number of hydrogen-bond acceptors (Lipinski definition) is 2. The Kier molecular flexibility index (Phi) is 17.0. The van der Waals surface area contributed by atoms with Crippen LogP contribution in [-0.2, 0) is 70.4 Å². The molecule has 0 spiro atoms. The van der Waals surface area contributed by atoms with Gasteiger partial charge in [-0.05, 0) is 263 Å². The van der Waals surface area contributed by atoms with Crippen molar-refractivity contribution in [3.05, 3.63) is 290 Å². The summed E-state index contributed by atoms with van der Waals surface area (Å²) in [7, 11) is 0. The van der Waals surface area contributed by atoms with Crippen molar-refractivity contribution in [3.8, 4) is 77.9 Å². The fourth-order valence-electron chi connectivity index (χ4n) is 16.9. The lowest BCUT2D eigenvalue weighted by Crippen LogP contribution is -2.61. The Labute approximate surface area is 801 Å². The summed E-state index contributed by atoms with van der Waals surface area (Å²) in [5.41, 5.74) is -3.53. The molecule has 0 aliphatic carbocycles. The van der Waals surface area contributed by atoms with Crippen molar-refractivity contribution in [2.45, 2.75) is 340 Å². The molecule has 3 heteroatoms. The van der Waals surface area contributed by atoms with E-state index in [0.717, 1.165) is 27.8 Å². The number of rotatable bonds is 9. The van der Waals surface area contributed by atoms with Crippen molar-refractivity contribution in [1.82, 2.24) is 0 Å². The maximum absolute atomic E-state index is 12.0. The summed E-state index contributed by atoms with van der Waals surface area (Å²) in [6.45, 7) is 75.3. The van der Waals surface area contributed by atoms with Crippen molar-refractivity contribution in [2.24, 2.45) is 0 Å². The second kappa shape index (κ2) is 31.6. The second-order valence-electron chi connectivity index (χ2n) is 49.6. The van der Waals surface area contributed by atoms with Crippen LogP contribution in [0.2, 0.25) is 0 Å². The Morgan fingerprint density at radius 1 is 0.197 bits per heavy atom. The first-order valence-electron chi connectivity index (χ1n) is 56.8. The Hall–Kier alpha value is -9.70. The van der Waals surface area contributed by atoms with Gasteiger partial charge in [0.15, 0.2) is 0 Å². The zero-order valence-corrected chi connectivity index (χ0v) is 84.1. The Balaban J connectivity index is 1.47. The molecule has 2 aliphatic heterocycles. The van der Waals surface area contributed by atoms with E-state index in [1.807, 2.05) is 221 Å². The average Bonchev–Trinajstić information content (AvgIpc) is 0.673. The van der Waals surface area contributed by atoms with E-state index in [4.69, 9.17) is 1.37 Å². The van der Waals surface area contributed by atoms with Crippen LogP contribution in [0.1, 0.15) is 373 Å². The minimum absolute atomic E-state index is 0.0438. The smallest absolute Gasteiger partial charge is 0.252 e. The fraction of sp³-hybridized carbons (Fsp3) is 0.419. The number of fused-ring (bicyclic) bond motifs is 4. The quantitative estimate of drug-likeness (QED) is 0.133. The molecule has 2 heterocycles. The van der Waals surface area contributed by atoms with Crippen molar-refractivity contribution in [3.63, 3.8) is 0 Å². The van der Waals surface area contributed by atoms with Gasteiger partial charge in [0.2, 0.25) is 0 Å². The van der Waals surface area contributed by atoms with Crippen LogP contribution in [0.3, 0.4) is 0 Å². The van der Waals surface area contributed by atoms with Gasteiger partial charge in [0.1, 0.15) is 0 Å². The normalized spacial score (nSPS) is 16.5. The molecule has 0 saturated heterocycles. The maximum atomic E-state index is 12.0. The minimum atomic E-state index is -1.26. The van der Waals surface area contributed by atoms with E-state index in [1.165, 1.54) is 0 Å². The molecule has 0 saturated carbocycles. The molecular formula is C124H153BN2. The minimum Gasteiger partial charge on any atom is -0.310 e. The Bertz CT molecular complexity index is 7380. The van der Waals surface area contributed by atoms with Crippen LogP contribution in [0.4, 0.5) is 34.1 Å². The molecule has 0 radical (unpaired) electrons. The van der Waals surface area contributed by atoms with Crippen LogP contribution < -0.4 is 26.2 Å². The van der Waals surface area contributed by atoms with E-state index >= 15 is 0 Å². The van der Waals surface area contributed by atoms with E-state index in [0.29, 0.717) is 38.8 Å². The van der Waals surface area contributed by atoms with Gasteiger partial charge in [-0.2, -0.15) is 0 Å². The lowest BCUT2D eigenvalue weighted by molar-refractivity contribution is 0.568. The van der Waals surface area contributed by atoms with Gasteiger partial charge in [0.25, 0.3) is 6.71 Å². The van der Waals surface area contributed by atoms with E-state index in [2.05, 4.69) is 126 Å². The molecule has 2 aliphatic rings. The topological polar surface area (TPSA) is 6.48 Å². The standard InChI is InChI=1S/C124H153BN2/c1-112(2,3)84-49-45-77(46-50-84)97-70-93(121(28,29)30)71-98(83-61-91(119(22,23)24)69-92(62-83)120(25,26)27)110(97)126-105-56-48-79(80-57-87(115(10,11)12)67-88(58-80)116(13,14)15)64-104(105)125-103-63-78(76-43-41-40-42-44-76)47-55-106(103)127(108-66-82(65-107(126)109(108)125)81-59-89(117(16,17)18)68-90(60-81)118(19,20)21)111-99(95-53-51-85(113(4,5)6)74-101(95)123(34,35)36)72-94(122(31,32)33)73-100(111)96-54-52-86(114(7,8)9)75-102(96)124(37,38)39/h40-75H,1-39H3/i40D,41D,42D,43D,44D,45D,46D,49D,50D,51D,52D,53D,54D,61D,62D,69D,70D,71D,72D,73D,74D,75D. The summed E-state index contributed by atoms with van der Waals surface area (Å²) in [6.07, 6.45) is 0. The molecule has 0 atom stereocenters. The van der Waals surface area contributed by atoms with E-state index < -0.39 is 138 Å². The zero-order chi connectivity index (χ0) is 113. The highest BCUT2D eigenvalue weighted by atomic mass is 15.2. The summed E-state index contributed by atoms with van der Waals surface area (Å²) in [5, 5.41) is 0. The van der Waals surface area contributed by atoms with Gasteiger partial charge in [-0.15, -0.1) is 0 Å². The molecule has 0 N–H and O–H groups in total. The zero-order valence-electron chi connectivity index (χ0n) is 106. The summed E-state index contributed by atoms with van der Waals surface area (Å²) in [6, 6.07) is 19.9. The highest BCUT2D eigenvalue weighted by Crippen LogP contribution is 2.59. The summed E-state index contributed by atoms with van der Waals surface area (Å²) < 4.78 is 239. The summed E-state index contributed by atoms with van der Waals surface area (Å²) in [4.78, 5) is 3.83. The number of anilines is 6. The van der Waals surface area contributed by atoms with E-state index in [-0.39, 0.29) is 207 Å². The predicted octanol–water partition coefficient (Wildman–Crippen LogP) is 34.3. The van der Waals surface area contributed by atoms with Gasteiger partial charge in [0, 0.05) is 45.0 Å².